The van der Waals surface area contributed by atoms with Crippen LogP contribution in [0.1, 0.15) is 25.1 Å². The second kappa shape index (κ2) is 4.99. The van der Waals surface area contributed by atoms with Gasteiger partial charge in [0.2, 0.25) is 0 Å². The molecular weight excluding hydrogens is 244 g/mol. The molecule has 0 saturated carbocycles. The number of hydrogen-bond donors (Lipinski definition) is 1. The van der Waals surface area contributed by atoms with E-state index in [4.69, 9.17) is 11.6 Å². The standard InChI is InChI=1S/C13H11ClN2.C2H6/c1-7-5-9(14)6-11-10-3-4-15-8(2)13(10)16-12(7)11;1-2/h3-6,16H,1-2H3;1-2H3. The number of pyridine rings is 1. The maximum Gasteiger partial charge on any atom is 0.0681 e. The Morgan fingerprint density at radius 2 is 1.78 bits per heavy atom. The zero-order valence-corrected chi connectivity index (χ0v) is 11.9. The molecule has 0 aliphatic rings. The van der Waals surface area contributed by atoms with Gasteiger partial charge in [0.15, 0.2) is 0 Å². The van der Waals surface area contributed by atoms with Gasteiger partial charge >= 0.3 is 0 Å². The molecule has 0 unspecified atom stereocenters. The van der Waals surface area contributed by atoms with Gasteiger partial charge in [-0.15, -0.1) is 0 Å². The van der Waals surface area contributed by atoms with Crippen LogP contribution in [0.3, 0.4) is 0 Å². The normalized spacial score (nSPS) is 10.5. The molecule has 0 aliphatic carbocycles. The van der Waals surface area contributed by atoms with Crippen molar-refractivity contribution in [2.24, 2.45) is 0 Å². The first-order chi connectivity index (χ1) is 8.66. The SMILES string of the molecule is CC.Cc1cc(Cl)cc2c1[nH]c1c(C)nccc12. The van der Waals surface area contributed by atoms with Crippen molar-refractivity contribution in [1.29, 1.82) is 0 Å². The van der Waals surface area contributed by atoms with Crippen LogP contribution in [0.2, 0.25) is 5.02 Å². The summed E-state index contributed by atoms with van der Waals surface area (Å²) in [6.07, 6.45) is 1.83. The van der Waals surface area contributed by atoms with E-state index >= 15 is 0 Å². The predicted octanol–water partition coefficient (Wildman–Crippen LogP) is 5.01. The van der Waals surface area contributed by atoms with E-state index in [2.05, 4.69) is 16.9 Å². The first kappa shape index (κ1) is 12.9. The van der Waals surface area contributed by atoms with Gasteiger partial charge in [-0.2, -0.15) is 0 Å². The smallest absolute Gasteiger partial charge is 0.0681 e. The molecular formula is C15H17ClN2. The highest BCUT2D eigenvalue weighted by atomic mass is 35.5. The quantitative estimate of drug-likeness (QED) is 0.605. The molecule has 0 spiro atoms. The maximum absolute atomic E-state index is 6.09. The number of aromatic amines is 1. The van der Waals surface area contributed by atoms with Crippen molar-refractivity contribution >= 4 is 33.4 Å². The lowest BCUT2D eigenvalue weighted by atomic mass is 10.1. The second-order valence-corrected chi connectivity index (χ2v) is 4.53. The summed E-state index contributed by atoms with van der Waals surface area (Å²) in [4.78, 5) is 7.71. The molecule has 1 aromatic carbocycles. The van der Waals surface area contributed by atoms with Crippen molar-refractivity contribution in [3.63, 3.8) is 0 Å². The van der Waals surface area contributed by atoms with Crippen LogP contribution in [-0.4, -0.2) is 9.97 Å². The van der Waals surface area contributed by atoms with Crippen LogP contribution < -0.4 is 0 Å². The van der Waals surface area contributed by atoms with Gasteiger partial charge in [-0.3, -0.25) is 4.98 Å². The van der Waals surface area contributed by atoms with Gasteiger partial charge in [-0.05, 0) is 37.6 Å². The molecule has 3 rings (SSSR count). The minimum absolute atomic E-state index is 0.778. The summed E-state index contributed by atoms with van der Waals surface area (Å²) < 4.78 is 0. The lowest BCUT2D eigenvalue weighted by Crippen LogP contribution is -1.80. The molecule has 18 heavy (non-hydrogen) atoms. The van der Waals surface area contributed by atoms with E-state index in [1.54, 1.807) is 0 Å². The Kier molecular flexibility index (Phi) is 3.58. The molecule has 2 aromatic heterocycles. The average molecular weight is 261 g/mol. The third kappa shape index (κ3) is 1.97. The number of aromatic nitrogens is 2. The van der Waals surface area contributed by atoms with Crippen molar-refractivity contribution in [3.05, 3.63) is 40.7 Å². The molecule has 0 amide bonds. The Morgan fingerprint density at radius 1 is 1.06 bits per heavy atom. The largest absolute Gasteiger partial charge is 0.353 e. The first-order valence-electron chi connectivity index (χ1n) is 6.20. The number of fused-ring (bicyclic) bond motifs is 3. The zero-order valence-electron chi connectivity index (χ0n) is 11.1. The molecule has 0 radical (unpaired) electrons. The van der Waals surface area contributed by atoms with Crippen molar-refractivity contribution in [3.8, 4) is 0 Å². The number of rotatable bonds is 0. The number of aryl methyl sites for hydroxylation is 2. The van der Waals surface area contributed by atoms with E-state index in [1.165, 1.54) is 10.8 Å². The summed E-state index contributed by atoms with van der Waals surface area (Å²) in [5, 5.41) is 3.14. The van der Waals surface area contributed by atoms with E-state index in [-0.39, 0.29) is 0 Å². The van der Waals surface area contributed by atoms with Gasteiger partial charge in [0.1, 0.15) is 0 Å². The molecule has 0 atom stereocenters. The second-order valence-electron chi connectivity index (χ2n) is 4.09. The predicted molar refractivity (Wildman–Crippen MR) is 79.4 cm³/mol. The first-order valence-corrected chi connectivity index (χ1v) is 6.58. The van der Waals surface area contributed by atoms with Gasteiger partial charge in [-0.25, -0.2) is 0 Å². The van der Waals surface area contributed by atoms with Gasteiger partial charge in [0.05, 0.1) is 11.2 Å². The van der Waals surface area contributed by atoms with E-state index < -0.39 is 0 Å². The molecule has 94 valence electrons. The number of hydrogen-bond acceptors (Lipinski definition) is 1. The molecule has 0 fully saturated rings. The summed E-state index contributed by atoms with van der Waals surface area (Å²) in [6.45, 7) is 8.07. The molecule has 3 aromatic rings. The van der Waals surface area contributed by atoms with Gasteiger partial charge < -0.3 is 4.98 Å². The number of nitrogens with one attached hydrogen (secondary N) is 1. The van der Waals surface area contributed by atoms with Crippen LogP contribution in [0.5, 0.6) is 0 Å². The fraction of sp³-hybridized carbons (Fsp3) is 0.267. The van der Waals surface area contributed by atoms with E-state index in [0.29, 0.717) is 0 Å². The number of benzene rings is 1. The van der Waals surface area contributed by atoms with Gasteiger partial charge in [0, 0.05) is 27.5 Å². The third-order valence-electron chi connectivity index (χ3n) is 2.98. The highest BCUT2D eigenvalue weighted by molar-refractivity contribution is 6.32. The summed E-state index contributed by atoms with van der Waals surface area (Å²) in [5.41, 5.74) is 4.43. The van der Waals surface area contributed by atoms with Gasteiger partial charge in [-0.1, -0.05) is 25.4 Å². The Morgan fingerprint density at radius 3 is 2.50 bits per heavy atom. The Labute approximate surface area is 112 Å². The maximum atomic E-state index is 6.09. The third-order valence-corrected chi connectivity index (χ3v) is 3.20. The Balaban J connectivity index is 0.000000574. The topological polar surface area (TPSA) is 28.7 Å². The number of halogens is 1. The van der Waals surface area contributed by atoms with Crippen molar-refractivity contribution in [2.75, 3.05) is 0 Å². The fourth-order valence-corrected chi connectivity index (χ4v) is 2.47. The Bertz CT molecular complexity index is 698. The van der Waals surface area contributed by atoms with Crippen molar-refractivity contribution in [2.45, 2.75) is 27.7 Å². The highest BCUT2D eigenvalue weighted by Crippen LogP contribution is 2.30. The summed E-state index contributed by atoms with van der Waals surface area (Å²) in [7, 11) is 0. The van der Waals surface area contributed by atoms with Crippen molar-refractivity contribution < 1.29 is 0 Å². The van der Waals surface area contributed by atoms with Crippen LogP contribution >= 0.6 is 11.6 Å². The molecule has 2 nitrogen and oxygen atoms in total. The van der Waals surface area contributed by atoms with E-state index in [1.807, 2.05) is 45.2 Å². The Hall–Kier alpha value is -1.54. The van der Waals surface area contributed by atoms with Crippen LogP contribution in [0, 0.1) is 13.8 Å². The average Bonchev–Trinajstić information content (AvgIpc) is 2.73. The van der Waals surface area contributed by atoms with Crippen molar-refractivity contribution in [1.82, 2.24) is 9.97 Å². The monoisotopic (exact) mass is 260 g/mol. The number of H-pyrrole nitrogens is 1. The lowest BCUT2D eigenvalue weighted by Gasteiger charge is -1.97. The van der Waals surface area contributed by atoms with E-state index in [9.17, 15) is 0 Å². The van der Waals surface area contributed by atoms with Crippen LogP contribution in [-0.2, 0) is 0 Å². The highest BCUT2D eigenvalue weighted by Gasteiger charge is 2.09. The van der Waals surface area contributed by atoms with Crippen LogP contribution in [0.25, 0.3) is 21.8 Å². The van der Waals surface area contributed by atoms with E-state index in [0.717, 1.165) is 27.3 Å². The minimum atomic E-state index is 0.778. The molecule has 0 saturated heterocycles. The fourth-order valence-electron chi connectivity index (χ4n) is 2.20. The van der Waals surface area contributed by atoms with Crippen LogP contribution in [0.4, 0.5) is 0 Å². The van der Waals surface area contributed by atoms with Gasteiger partial charge in [0.25, 0.3) is 0 Å². The minimum Gasteiger partial charge on any atom is -0.353 e. The zero-order chi connectivity index (χ0) is 13.3. The lowest BCUT2D eigenvalue weighted by molar-refractivity contribution is 1.22. The summed E-state index contributed by atoms with van der Waals surface area (Å²) in [6, 6.07) is 6.00. The van der Waals surface area contributed by atoms with Crippen LogP contribution in [0.15, 0.2) is 24.4 Å². The number of nitrogens with zero attached hydrogens (tertiary/aromatic N) is 1. The molecule has 2 heterocycles. The molecule has 0 bridgehead atoms. The molecule has 1 N–H and O–H groups in total. The summed E-state index contributed by atoms with van der Waals surface area (Å²) in [5.74, 6) is 0. The summed E-state index contributed by atoms with van der Waals surface area (Å²) >= 11 is 6.09. The molecule has 0 aliphatic heterocycles. The molecule has 3 heteroatoms.